The zero-order valence-corrected chi connectivity index (χ0v) is 12.0. The molecular formula is C15H22N4O. The molecule has 2 heterocycles. The molecule has 1 aliphatic heterocycles. The fourth-order valence-electron chi connectivity index (χ4n) is 3.05. The van der Waals surface area contributed by atoms with Gasteiger partial charge in [0.1, 0.15) is 12.1 Å². The normalized spacial score (nSPS) is 25.9. The third kappa shape index (κ3) is 2.92. The van der Waals surface area contributed by atoms with Gasteiger partial charge >= 0.3 is 0 Å². The Morgan fingerprint density at radius 1 is 1.25 bits per heavy atom. The topological polar surface area (TPSA) is 58.1 Å². The van der Waals surface area contributed by atoms with Crippen molar-refractivity contribution in [2.75, 3.05) is 18.4 Å². The Balaban J connectivity index is 1.47. The smallest absolute Gasteiger partial charge is 0.225 e. The highest BCUT2D eigenvalue weighted by molar-refractivity contribution is 5.80. The molecule has 2 fully saturated rings. The Morgan fingerprint density at radius 3 is 2.70 bits per heavy atom. The van der Waals surface area contributed by atoms with E-state index < -0.39 is 0 Å². The second-order valence-corrected chi connectivity index (χ2v) is 5.94. The van der Waals surface area contributed by atoms with E-state index in [1.807, 2.05) is 13.0 Å². The Bertz CT molecular complexity index is 479. The number of nitrogens with zero attached hydrogens (tertiary/aromatic N) is 3. The predicted octanol–water partition coefficient (Wildman–Crippen LogP) is 1.99. The van der Waals surface area contributed by atoms with Gasteiger partial charge in [-0.1, -0.05) is 0 Å². The van der Waals surface area contributed by atoms with Crippen LogP contribution in [0.4, 0.5) is 5.82 Å². The van der Waals surface area contributed by atoms with Crippen LogP contribution in [-0.4, -0.2) is 39.9 Å². The molecule has 0 radical (unpaired) electrons. The molecule has 5 heteroatoms. The van der Waals surface area contributed by atoms with E-state index in [0.717, 1.165) is 37.4 Å². The first-order valence-corrected chi connectivity index (χ1v) is 7.56. The van der Waals surface area contributed by atoms with Crippen LogP contribution in [0.3, 0.4) is 0 Å². The first kappa shape index (κ1) is 13.3. The predicted molar refractivity (Wildman–Crippen MR) is 77.3 cm³/mol. The van der Waals surface area contributed by atoms with Crippen molar-refractivity contribution in [2.24, 2.45) is 5.92 Å². The molecule has 1 aromatic rings. The van der Waals surface area contributed by atoms with Crippen LogP contribution in [0, 0.1) is 12.8 Å². The molecule has 0 aromatic carbocycles. The molecule has 0 atom stereocenters. The number of hydrogen-bond acceptors (Lipinski definition) is 4. The van der Waals surface area contributed by atoms with Crippen LogP contribution in [0.2, 0.25) is 0 Å². The van der Waals surface area contributed by atoms with Crippen LogP contribution in [0.25, 0.3) is 0 Å². The molecule has 5 nitrogen and oxygen atoms in total. The van der Waals surface area contributed by atoms with Crippen molar-refractivity contribution in [1.82, 2.24) is 14.9 Å². The van der Waals surface area contributed by atoms with Crippen LogP contribution in [-0.2, 0) is 4.79 Å². The standard InChI is InChI=1S/C15H22N4O/c1-11-7-14(17-10-16-11)18-13-8-12(9-13)15(20)19-5-3-2-4-6-19/h7,10,12-13H,2-6,8-9H2,1H3,(H,16,17,18)/t12-,13+. The van der Waals surface area contributed by atoms with Crippen LogP contribution < -0.4 is 5.32 Å². The Hall–Kier alpha value is -1.65. The maximum Gasteiger partial charge on any atom is 0.225 e. The van der Waals surface area contributed by atoms with E-state index in [9.17, 15) is 4.79 Å². The summed E-state index contributed by atoms with van der Waals surface area (Å²) in [5, 5.41) is 3.39. The number of anilines is 1. The fraction of sp³-hybridized carbons (Fsp3) is 0.667. The zero-order valence-electron chi connectivity index (χ0n) is 12.0. The highest BCUT2D eigenvalue weighted by Gasteiger charge is 2.37. The molecule has 3 rings (SSSR count). The van der Waals surface area contributed by atoms with E-state index >= 15 is 0 Å². The number of aryl methyl sites for hydroxylation is 1. The van der Waals surface area contributed by atoms with Gasteiger partial charge in [0.15, 0.2) is 0 Å². The monoisotopic (exact) mass is 274 g/mol. The molecule has 2 aliphatic rings. The average molecular weight is 274 g/mol. The lowest BCUT2D eigenvalue weighted by molar-refractivity contribution is -0.139. The second kappa shape index (κ2) is 5.77. The van der Waals surface area contributed by atoms with E-state index in [1.54, 1.807) is 6.33 Å². The largest absolute Gasteiger partial charge is 0.367 e. The Morgan fingerprint density at radius 2 is 2.00 bits per heavy atom. The molecule has 0 bridgehead atoms. The molecule has 1 aliphatic carbocycles. The minimum atomic E-state index is 0.216. The Kier molecular flexibility index (Phi) is 3.85. The van der Waals surface area contributed by atoms with E-state index in [0.29, 0.717) is 11.9 Å². The summed E-state index contributed by atoms with van der Waals surface area (Å²) in [5.41, 5.74) is 0.961. The molecule has 1 aromatic heterocycles. The minimum absolute atomic E-state index is 0.216. The molecule has 0 spiro atoms. The van der Waals surface area contributed by atoms with Crippen LogP contribution in [0.1, 0.15) is 37.8 Å². The van der Waals surface area contributed by atoms with Crippen molar-refractivity contribution in [2.45, 2.75) is 45.1 Å². The number of carbonyl (C=O) groups excluding carboxylic acids is 1. The first-order chi connectivity index (χ1) is 9.72. The van der Waals surface area contributed by atoms with E-state index in [1.165, 1.54) is 19.3 Å². The highest BCUT2D eigenvalue weighted by atomic mass is 16.2. The van der Waals surface area contributed by atoms with E-state index in [2.05, 4.69) is 20.2 Å². The van der Waals surface area contributed by atoms with Crippen molar-refractivity contribution >= 4 is 11.7 Å². The van der Waals surface area contributed by atoms with Gasteiger partial charge in [-0.3, -0.25) is 4.79 Å². The third-order valence-electron chi connectivity index (χ3n) is 4.31. The quantitative estimate of drug-likeness (QED) is 0.915. The van der Waals surface area contributed by atoms with Gasteiger partial charge in [-0.2, -0.15) is 0 Å². The van der Waals surface area contributed by atoms with Crippen LogP contribution in [0.15, 0.2) is 12.4 Å². The van der Waals surface area contributed by atoms with Crippen molar-refractivity contribution in [3.05, 3.63) is 18.1 Å². The third-order valence-corrected chi connectivity index (χ3v) is 4.31. The van der Waals surface area contributed by atoms with Gasteiger partial charge in [0, 0.05) is 36.8 Å². The summed E-state index contributed by atoms with van der Waals surface area (Å²) in [4.78, 5) is 22.6. The molecule has 1 N–H and O–H groups in total. The zero-order chi connectivity index (χ0) is 13.9. The summed E-state index contributed by atoms with van der Waals surface area (Å²) in [6, 6.07) is 2.32. The SMILES string of the molecule is Cc1cc(N[C@H]2C[C@@H](C(=O)N3CCCCC3)C2)ncn1. The summed E-state index contributed by atoms with van der Waals surface area (Å²) < 4.78 is 0. The lowest BCUT2D eigenvalue weighted by Gasteiger charge is -2.39. The maximum atomic E-state index is 12.3. The number of aromatic nitrogens is 2. The van der Waals surface area contributed by atoms with Crippen LogP contribution >= 0.6 is 0 Å². The van der Waals surface area contributed by atoms with Gasteiger partial charge in [-0.05, 0) is 39.0 Å². The molecule has 1 saturated carbocycles. The van der Waals surface area contributed by atoms with Crippen molar-refractivity contribution in [3.8, 4) is 0 Å². The van der Waals surface area contributed by atoms with E-state index in [4.69, 9.17) is 0 Å². The molecule has 108 valence electrons. The van der Waals surface area contributed by atoms with Crippen molar-refractivity contribution in [1.29, 1.82) is 0 Å². The molecule has 20 heavy (non-hydrogen) atoms. The maximum absolute atomic E-state index is 12.3. The molecule has 0 unspecified atom stereocenters. The number of hydrogen-bond donors (Lipinski definition) is 1. The summed E-state index contributed by atoms with van der Waals surface area (Å²) in [6.07, 6.45) is 7.04. The fourth-order valence-corrected chi connectivity index (χ4v) is 3.05. The molecule has 1 amide bonds. The second-order valence-electron chi connectivity index (χ2n) is 5.94. The lowest BCUT2D eigenvalue weighted by Crippen LogP contribution is -2.47. The molecular weight excluding hydrogens is 252 g/mol. The number of piperidine rings is 1. The highest BCUT2D eigenvalue weighted by Crippen LogP contribution is 2.32. The van der Waals surface area contributed by atoms with Gasteiger partial charge in [0.25, 0.3) is 0 Å². The number of carbonyl (C=O) groups is 1. The van der Waals surface area contributed by atoms with Gasteiger partial charge in [-0.25, -0.2) is 9.97 Å². The summed E-state index contributed by atoms with van der Waals surface area (Å²) in [5.74, 6) is 1.45. The van der Waals surface area contributed by atoms with Gasteiger partial charge in [0.05, 0.1) is 0 Å². The van der Waals surface area contributed by atoms with Crippen molar-refractivity contribution < 1.29 is 4.79 Å². The van der Waals surface area contributed by atoms with Gasteiger partial charge < -0.3 is 10.2 Å². The minimum Gasteiger partial charge on any atom is -0.367 e. The van der Waals surface area contributed by atoms with Gasteiger partial charge in [0.2, 0.25) is 5.91 Å². The van der Waals surface area contributed by atoms with Crippen LogP contribution in [0.5, 0.6) is 0 Å². The average Bonchev–Trinajstić information content (AvgIpc) is 2.43. The lowest BCUT2D eigenvalue weighted by atomic mass is 9.79. The number of amides is 1. The van der Waals surface area contributed by atoms with Crippen molar-refractivity contribution in [3.63, 3.8) is 0 Å². The summed E-state index contributed by atoms with van der Waals surface area (Å²) >= 11 is 0. The number of nitrogens with one attached hydrogen (secondary N) is 1. The molecule has 1 saturated heterocycles. The Labute approximate surface area is 119 Å². The van der Waals surface area contributed by atoms with E-state index in [-0.39, 0.29) is 5.92 Å². The number of likely N-dealkylation sites (tertiary alicyclic amines) is 1. The number of rotatable bonds is 3. The van der Waals surface area contributed by atoms with Gasteiger partial charge in [-0.15, -0.1) is 0 Å². The first-order valence-electron chi connectivity index (χ1n) is 7.56. The summed E-state index contributed by atoms with van der Waals surface area (Å²) in [7, 11) is 0. The summed E-state index contributed by atoms with van der Waals surface area (Å²) in [6.45, 7) is 3.87.